The van der Waals surface area contributed by atoms with Gasteiger partial charge in [0.25, 0.3) is 5.91 Å². The summed E-state index contributed by atoms with van der Waals surface area (Å²) < 4.78 is 1.84. The Bertz CT molecular complexity index is 638. The predicted molar refractivity (Wildman–Crippen MR) is 85.4 cm³/mol. The maximum Gasteiger partial charge on any atom is 0.254 e. The third-order valence-corrected chi connectivity index (χ3v) is 4.39. The number of rotatable bonds is 4. The molecule has 0 bridgehead atoms. The Labute approximate surface area is 130 Å². The molecule has 2 heterocycles. The lowest BCUT2D eigenvalue weighted by Gasteiger charge is -2.23. The number of carbonyl (C=O) groups excluding carboxylic acids is 1. The van der Waals surface area contributed by atoms with Gasteiger partial charge in [-0.3, -0.25) is 9.48 Å². The number of hydrogen-bond acceptors (Lipinski definition) is 3. The van der Waals surface area contributed by atoms with Gasteiger partial charge in [0.15, 0.2) is 0 Å². The van der Waals surface area contributed by atoms with Gasteiger partial charge < -0.3 is 10.6 Å². The van der Waals surface area contributed by atoms with Crippen LogP contribution in [0.15, 0.2) is 42.7 Å². The summed E-state index contributed by atoms with van der Waals surface area (Å²) >= 11 is 0. The molecule has 0 aliphatic carbocycles. The van der Waals surface area contributed by atoms with Gasteiger partial charge >= 0.3 is 0 Å². The van der Waals surface area contributed by atoms with Crippen molar-refractivity contribution in [3.63, 3.8) is 0 Å². The fourth-order valence-electron chi connectivity index (χ4n) is 3.19. The van der Waals surface area contributed by atoms with Gasteiger partial charge in [0.05, 0.1) is 6.54 Å². The number of nitrogens with two attached hydrogens (primary N) is 1. The van der Waals surface area contributed by atoms with E-state index in [0.29, 0.717) is 19.0 Å². The van der Waals surface area contributed by atoms with Crippen LogP contribution >= 0.6 is 0 Å². The first-order valence-electron chi connectivity index (χ1n) is 7.75. The van der Waals surface area contributed by atoms with Crippen molar-refractivity contribution in [2.45, 2.75) is 25.9 Å². The molecule has 2 N–H and O–H groups in total. The normalized spacial score (nSPS) is 21.3. The average Bonchev–Trinajstić information content (AvgIpc) is 3.16. The second-order valence-electron chi connectivity index (χ2n) is 6.00. The Morgan fingerprint density at radius 3 is 2.86 bits per heavy atom. The lowest BCUT2D eigenvalue weighted by Crippen LogP contribution is -2.35. The highest BCUT2D eigenvalue weighted by atomic mass is 16.2. The van der Waals surface area contributed by atoms with Crippen LogP contribution < -0.4 is 5.73 Å². The van der Waals surface area contributed by atoms with Gasteiger partial charge in [-0.2, -0.15) is 5.10 Å². The van der Waals surface area contributed by atoms with Crippen LogP contribution in [0.2, 0.25) is 0 Å². The fourth-order valence-corrected chi connectivity index (χ4v) is 3.19. The summed E-state index contributed by atoms with van der Waals surface area (Å²) in [5.74, 6) is 0.517. The van der Waals surface area contributed by atoms with Crippen molar-refractivity contribution in [1.29, 1.82) is 0 Å². The van der Waals surface area contributed by atoms with Crippen LogP contribution in [0.25, 0.3) is 0 Å². The van der Waals surface area contributed by atoms with E-state index < -0.39 is 0 Å². The minimum absolute atomic E-state index is 0.103. The predicted octanol–water partition coefficient (Wildman–Crippen LogP) is 1.74. The molecular formula is C17H22N4O. The molecule has 1 aliphatic heterocycles. The highest BCUT2D eigenvalue weighted by molar-refractivity contribution is 5.96. The van der Waals surface area contributed by atoms with Crippen LogP contribution in [-0.2, 0) is 6.54 Å². The summed E-state index contributed by atoms with van der Waals surface area (Å²) in [5, 5.41) is 4.22. The molecule has 22 heavy (non-hydrogen) atoms. The van der Waals surface area contributed by atoms with Crippen LogP contribution in [0.4, 0.5) is 0 Å². The Morgan fingerprint density at radius 2 is 2.18 bits per heavy atom. The SMILES string of the molecule is CC1CC(CN)CN1C(=O)c1ccccc1Cn1cccn1. The van der Waals surface area contributed by atoms with Crippen molar-refractivity contribution in [1.82, 2.24) is 14.7 Å². The van der Waals surface area contributed by atoms with E-state index in [2.05, 4.69) is 12.0 Å². The van der Waals surface area contributed by atoms with Crippen LogP contribution in [0, 0.1) is 5.92 Å². The third-order valence-electron chi connectivity index (χ3n) is 4.39. The monoisotopic (exact) mass is 298 g/mol. The molecule has 116 valence electrons. The zero-order valence-electron chi connectivity index (χ0n) is 12.9. The number of nitrogens with zero attached hydrogens (tertiary/aromatic N) is 3. The number of carbonyl (C=O) groups is 1. The zero-order valence-corrected chi connectivity index (χ0v) is 12.9. The number of likely N-dealkylation sites (tertiary alicyclic amines) is 1. The van der Waals surface area contributed by atoms with Crippen LogP contribution in [-0.4, -0.2) is 39.7 Å². The van der Waals surface area contributed by atoms with Gasteiger partial charge in [-0.15, -0.1) is 0 Å². The van der Waals surface area contributed by atoms with Gasteiger partial charge in [-0.05, 0) is 43.5 Å². The molecule has 2 aromatic rings. The molecule has 5 nitrogen and oxygen atoms in total. The van der Waals surface area contributed by atoms with Gasteiger partial charge in [0, 0.05) is 30.5 Å². The molecule has 0 spiro atoms. The summed E-state index contributed by atoms with van der Waals surface area (Å²) in [7, 11) is 0. The smallest absolute Gasteiger partial charge is 0.254 e. The highest BCUT2D eigenvalue weighted by Crippen LogP contribution is 2.25. The number of aromatic nitrogens is 2. The lowest BCUT2D eigenvalue weighted by atomic mass is 10.1. The van der Waals surface area contributed by atoms with E-state index in [0.717, 1.165) is 24.1 Å². The fraction of sp³-hybridized carbons (Fsp3) is 0.412. The van der Waals surface area contributed by atoms with Gasteiger partial charge in [-0.1, -0.05) is 18.2 Å². The largest absolute Gasteiger partial charge is 0.336 e. The lowest BCUT2D eigenvalue weighted by molar-refractivity contribution is 0.0742. The highest BCUT2D eigenvalue weighted by Gasteiger charge is 2.32. The molecule has 1 aromatic carbocycles. The molecule has 0 radical (unpaired) electrons. The topological polar surface area (TPSA) is 64.2 Å². The van der Waals surface area contributed by atoms with E-state index in [1.807, 2.05) is 46.1 Å². The van der Waals surface area contributed by atoms with E-state index in [9.17, 15) is 4.79 Å². The number of benzene rings is 1. The van der Waals surface area contributed by atoms with Crippen molar-refractivity contribution in [3.05, 3.63) is 53.9 Å². The van der Waals surface area contributed by atoms with E-state index in [-0.39, 0.29) is 11.9 Å². The molecule has 5 heteroatoms. The Kier molecular flexibility index (Phi) is 4.24. The van der Waals surface area contributed by atoms with E-state index in [1.54, 1.807) is 6.20 Å². The molecule has 1 fully saturated rings. The second kappa shape index (κ2) is 6.32. The average molecular weight is 298 g/mol. The van der Waals surface area contributed by atoms with Gasteiger partial charge in [-0.25, -0.2) is 0 Å². The Hall–Kier alpha value is -2.14. The van der Waals surface area contributed by atoms with Crippen molar-refractivity contribution >= 4 is 5.91 Å². The zero-order chi connectivity index (χ0) is 15.5. The van der Waals surface area contributed by atoms with Gasteiger partial charge in [0.1, 0.15) is 0 Å². The van der Waals surface area contributed by atoms with E-state index in [1.165, 1.54) is 0 Å². The molecule has 1 aromatic heterocycles. The number of amides is 1. The van der Waals surface area contributed by atoms with Crippen LogP contribution in [0.1, 0.15) is 29.3 Å². The molecule has 0 saturated carbocycles. The Morgan fingerprint density at radius 1 is 1.36 bits per heavy atom. The standard InChI is InChI=1S/C17H22N4O/c1-13-9-14(10-18)11-21(13)17(22)16-6-3-2-5-15(16)12-20-8-4-7-19-20/h2-8,13-14H,9-12,18H2,1H3. The van der Waals surface area contributed by atoms with E-state index in [4.69, 9.17) is 5.73 Å². The summed E-state index contributed by atoms with van der Waals surface area (Å²) in [4.78, 5) is 14.9. The molecule has 1 saturated heterocycles. The molecule has 1 aliphatic rings. The minimum Gasteiger partial charge on any atom is -0.336 e. The summed E-state index contributed by atoms with van der Waals surface area (Å²) in [6.07, 6.45) is 4.65. The summed E-state index contributed by atoms with van der Waals surface area (Å²) in [5.41, 5.74) is 7.53. The first-order valence-corrected chi connectivity index (χ1v) is 7.75. The number of hydrogen-bond donors (Lipinski definition) is 1. The maximum absolute atomic E-state index is 12.9. The third kappa shape index (κ3) is 2.90. The molecule has 1 amide bonds. The Balaban J connectivity index is 1.83. The molecule has 2 atom stereocenters. The summed E-state index contributed by atoms with van der Waals surface area (Å²) in [6, 6.07) is 9.92. The first-order chi connectivity index (χ1) is 10.7. The van der Waals surface area contributed by atoms with Crippen molar-refractivity contribution in [2.75, 3.05) is 13.1 Å². The van der Waals surface area contributed by atoms with Crippen LogP contribution in [0.5, 0.6) is 0 Å². The van der Waals surface area contributed by atoms with Crippen molar-refractivity contribution < 1.29 is 4.79 Å². The molecule has 3 rings (SSSR count). The quantitative estimate of drug-likeness (QED) is 0.935. The van der Waals surface area contributed by atoms with E-state index >= 15 is 0 Å². The first kappa shape index (κ1) is 14.8. The summed E-state index contributed by atoms with van der Waals surface area (Å²) in [6.45, 7) is 4.11. The second-order valence-corrected chi connectivity index (χ2v) is 6.00. The van der Waals surface area contributed by atoms with Gasteiger partial charge in [0.2, 0.25) is 0 Å². The van der Waals surface area contributed by atoms with Crippen molar-refractivity contribution in [3.8, 4) is 0 Å². The van der Waals surface area contributed by atoms with Crippen molar-refractivity contribution in [2.24, 2.45) is 11.7 Å². The van der Waals surface area contributed by atoms with Crippen LogP contribution in [0.3, 0.4) is 0 Å². The molecular weight excluding hydrogens is 276 g/mol. The maximum atomic E-state index is 12.9. The minimum atomic E-state index is 0.103. The molecule has 2 unspecified atom stereocenters.